The monoisotopic (exact) mass is 412 g/mol. The number of fused-ring (bicyclic) bond motifs is 3. The zero-order chi connectivity index (χ0) is 22.1. The molecule has 0 atom stereocenters. The molecule has 0 fully saturated rings. The molecule has 1 aliphatic rings. The fourth-order valence-electron chi connectivity index (χ4n) is 2.95. The van der Waals surface area contributed by atoms with Crippen LogP contribution < -0.4 is 15.1 Å². The summed E-state index contributed by atoms with van der Waals surface area (Å²) in [6, 6.07) is 10.6. The van der Waals surface area contributed by atoms with Crippen molar-refractivity contribution in [2.24, 2.45) is 0 Å². The quantitative estimate of drug-likeness (QED) is 0.562. The maximum atomic E-state index is 12.7. The highest BCUT2D eigenvalue weighted by molar-refractivity contribution is 5.93. The zero-order valence-electron chi connectivity index (χ0n) is 17.2. The number of hydrogen-bond donors (Lipinski definition) is 3. The molecule has 7 nitrogen and oxygen atoms in total. The summed E-state index contributed by atoms with van der Waals surface area (Å²) in [5, 5.41) is 31.3. The first-order valence-electron chi connectivity index (χ1n) is 9.32. The second-order valence-electron chi connectivity index (χ2n) is 7.41. The van der Waals surface area contributed by atoms with Crippen molar-refractivity contribution in [1.82, 2.24) is 0 Å². The summed E-state index contributed by atoms with van der Waals surface area (Å²) in [6.45, 7) is 4.48. The van der Waals surface area contributed by atoms with Gasteiger partial charge in [0.25, 0.3) is 0 Å². The van der Waals surface area contributed by atoms with Crippen LogP contribution in [-0.2, 0) is 6.42 Å². The van der Waals surface area contributed by atoms with E-state index in [1.807, 2.05) is 0 Å². The third-order valence-electron chi connectivity index (χ3n) is 4.37. The molecule has 0 saturated carbocycles. The van der Waals surface area contributed by atoms with Crippen LogP contribution >= 0.6 is 0 Å². The van der Waals surface area contributed by atoms with Crippen LogP contribution in [-0.4, -0.2) is 28.2 Å². The minimum absolute atomic E-state index is 0.0503. The van der Waals surface area contributed by atoms with E-state index in [0.29, 0.717) is 17.6 Å². The molecule has 0 aliphatic heterocycles. The Bertz CT molecular complexity index is 1170. The van der Waals surface area contributed by atoms with E-state index in [-0.39, 0.29) is 28.4 Å². The van der Waals surface area contributed by atoms with Gasteiger partial charge in [0.2, 0.25) is 5.79 Å². The molecule has 3 rings (SSSR count). The predicted octanol–water partition coefficient (Wildman–Crippen LogP) is 3.78. The summed E-state index contributed by atoms with van der Waals surface area (Å²) in [7, 11) is 1.47. The molecule has 0 bridgehead atoms. The van der Waals surface area contributed by atoms with Crippen molar-refractivity contribution in [1.29, 1.82) is 0 Å². The van der Waals surface area contributed by atoms with E-state index in [0.717, 1.165) is 11.1 Å². The van der Waals surface area contributed by atoms with Crippen molar-refractivity contribution >= 4 is 10.8 Å². The van der Waals surface area contributed by atoms with Crippen LogP contribution in [0.1, 0.15) is 30.7 Å². The van der Waals surface area contributed by atoms with E-state index < -0.39 is 11.4 Å². The normalized spacial score (nSPS) is 11.8. The van der Waals surface area contributed by atoms with E-state index in [4.69, 9.17) is 13.9 Å². The van der Waals surface area contributed by atoms with Crippen LogP contribution in [0.3, 0.4) is 0 Å². The second kappa shape index (κ2) is 8.12. The lowest BCUT2D eigenvalue weighted by Crippen LogP contribution is -2.26. The minimum atomic E-state index is -1.50. The van der Waals surface area contributed by atoms with Crippen molar-refractivity contribution in [2.45, 2.75) is 33.0 Å². The van der Waals surface area contributed by atoms with Crippen molar-refractivity contribution in [3.63, 3.8) is 0 Å². The molecular formula is C23H24O7. The van der Waals surface area contributed by atoms with E-state index in [1.165, 1.54) is 45.2 Å². The Morgan fingerprint density at radius 1 is 1.07 bits per heavy atom. The smallest absolute Gasteiger partial charge is 0.347 e. The van der Waals surface area contributed by atoms with Gasteiger partial charge in [0.1, 0.15) is 22.6 Å². The first kappa shape index (κ1) is 21.3. The number of rotatable bonds is 3. The van der Waals surface area contributed by atoms with Crippen LogP contribution in [0.4, 0.5) is 0 Å². The maximum absolute atomic E-state index is 12.7. The summed E-state index contributed by atoms with van der Waals surface area (Å²) in [5.74, 6) is -1.21. The van der Waals surface area contributed by atoms with Crippen molar-refractivity contribution < 1.29 is 29.2 Å². The molecule has 1 aromatic heterocycles. The summed E-state index contributed by atoms with van der Waals surface area (Å²) >= 11 is 0. The molecule has 0 amide bonds. The average Bonchev–Trinajstić information content (AvgIpc) is 3.42. The second-order valence-corrected chi connectivity index (χ2v) is 7.41. The number of phenols is 1. The van der Waals surface area contributed by atoms with Gasteiger partial charge in [0.15, 0.2) is 11.5 Å². The van der Waals surface area contributed by atoms with Crippen molar-refractivity contribution in [3.8, 4) is 23.0 Å². The molecule has 1 heterocycles. The number of ether oxygens (including phenoxy) is 2. The topological polar surface area (TPSA) is 109 Å². The molecule has 2 aromatic rings. The van der Waals surface area contributed by atoms with Gasteiger partial charge in [-0.3, -0.25) is 0 Å². The SMILES string of the molecule is COc1cc(O)c2c(=O)oc(C)cccc(O)c(OC(C)(C)O)ccc3c(c2c1)C3. The Hall–Kier alpha value is -3.45. The molecule has 1 aromatic carbocycles. The molecule has 3 N–H and O–H groups in total. The number of aliphatic hydroxyl groups is 1. The first-order chi connectivity index (χ1) is 14.1. The van der Waals surface area contributed by atoms with Crippen LogP contribution in [0.5, 0.6) is 23.0 Å². The Balaban J connectivity index is 2.42. The van der Waals surface area contributed by atoms with Gasteiger partial charge in [-0.15, -0.1) is 0 Å². The van der Waals surface area contributed by atoms with Crippen molar-refractivity contribution in [2.75, 3.05) is 7.11 Å². The van der Waals surface area contributed by atoms with Crippen LogP contribution in [0.25, 0.3) is 10.8 Å². The van der Waals surface area contributed by atoms with E-state index in [2.05, 4.69) is 0 Å². The van der Waals surface area contributed by atoms with Crippen LogP contribution in [0, 0.1) is 6.92 Å². The number of phenolic OH excluding ortho intramolecular Hbond substituents is 1. The lowest BCUT2D eigenvalue weighted by molar-refractivity contribution is -0.105. The maximum Gasteiger partial charge on any atom is 0.347 e. The fraction of sp³-hybridized carbons (Fsp3) is 0.261. The predicted molar refractivity (Wildman–Crippen MR) is 112 cm³/mol. The lowest BCUT2D eigenvalue weighted by Gasteiger charge is -2.19. The number of methoxy groups -OCH3 is 1. The fourth-order valence-corrected chi connectivity index (χ4v) is 2.95. The Morgan fingerprint density at radius 3 is 2.47 bits per heavy atom. The van der Waals surface area contributed by atoms with Gasteiger partial charge in [-0.05, 0) is 48.7 Å². The highest BCUT2D eigenvalue weighted by Crippen LogP contribution is 2.37. The highest BCUT2D eigenvalue weighted by atomic mass is 16.6. The summed E-state index contributed by atoms with van der Waals surface area (Å²) in [4.78, 5) is 12.7. The number of benzene rings is 1. The number of aromatic hydroxyl groups is 2. The van der Waals surface area contributed by atoms with Gasteiger partial charge in [0, 0.05) is 25.3 Å². The number of aryl methyl sites for hydroxylation is 1. The zero-order valence-corrected chi connectivity index (χ0v) is 17.2. The van der Waals surface area contributed by atoms with E-state index in [9.17, 15) is 20.1 Å². The van der Waals surface area contributed by atoms with Gasteiger partial charge in [0.05, 0.1) is 7.11 Å². The van der Waals surface area contributed by atoms with Crippen LogP contribution in [0.2, 0.25) is 0 Å². The molecule has 0 unspecified atom stereocenters. The van der Waals surface area contributed by atoms with Gasteiger partial charge in [-0.1, -0.05) is 12.1 Å². The van der Waals surface area contributed by atoms with Gasteiger partial charge in [-0.2, -0.15) is 0 Å². The molecule has 0 radical (unpaired) electrons. The number of hydrogen-bond acceptors (Lipinski definition) is 7. The van der Waals surface area contributed by atoms with E-state index >= 15 is 0 Å². The van der Waals surface area contributed by atoms with Crippen molar-refractivity contribution in [3.05, 3.63) is 69.8 Å². The third kappa shape index (κ3) is 4.93. The highest BCUT2D eigenvalue weighted by Gasteiger charge is 2.21. The Kier molecular flexibility index (Phi) is 5.75. The Labute approximate surface area is 173 Å². The molecule has 0 spiro atoms. The standard InChI is InChI=1S/C23H24O7/c1-13-6-5-7-18(24)20(30-23(2,3)27)9-8-14-10-16(14)17-11-15(28-4)12-19(25)21(17)22(26)29-13/h5-9,11-12,24-25,27H,10H2,1-4H3. The summed E-state index contributed by atoms with van der Waals surface area (Å²) in [6.07, 6.45) is 0.560. The molecule has 158 valence electrons. The summed E-state index contributed by atoms with van der Waals surface area (Å²) in [5.41, 5.74) is 0.997. The molecular weight excluding hydrogens is 388 g/mol. The van der Waals surface area contributed by atoms with Crippen LogP contribution in [0.15, 0.2) is 51.7 Å². The van der Waals surface area contributed by atoms with Gasteiger partial charge >= 0.3 is 5.63 Å². The Morgan fingerprint density at radius 2 is 1.80 bits per heavy atom. The lowest BCUT2D eigenvalue weighted by atomic mass is 10.1. The molecule has 7 heteroatoms. The summed E-state index contributed by atoms with van der Waals surface area (Å²) < 4.78 is 16.0. The van der Waals surface area contributed by atoms with E-state index in [1.54, 1.807) is 25.1 Å². The largest absolute Gasteiger partial charge is 0.507 e. The average molecular weight is 412 g/mol. The first-order valence-corrected chi connectivity index (χ1v) is 9.32. The molecule has 1 aliphatic carbocycles. The molecule has 30 heavy (non-hydrogen) atoms. The van der Waals surface area contributed by atoms with Gasteiger partial charge < -0.3 is 29.2 Å². The third-order valence-corrected chi connectivity index (χ3v) is 4.37. The molecule has 0 saturated heterocycles. The minimum Gasteiger partial charge on any atom is -0.507 e. The van der Waals surface area contributed by atoms with Gasteiger partial charge in [-0.25, -0.2) is 4.79 Å².